The van der Waals surface area contributed by atoms with Gasteiger partial charge >= 0.3 is 0 Å². The summed E-state index contributed by atoms with van der Waals surface area (Å²) in [5, 5.41) is 7.48. The van der Waals surface area contributed by atoms with Crippen molar-refractivity contribution < 1.29 is 9.53 Å². The van der Waals surface area contributed by atoms with Crippen molar-refractivity contribution in [3.63, 3.8) is 0 Å². The number of aromatic nitrogens is 2. The van der Waals surface area contributed by atoms with Crippen LogP contribution in [0.3, 0.4) is 0 Å². The van der Waals surface area contributed by atoms with E-state index in [2.05, 4.69) is 10.4 Å². The van der Waals surface area contributed by atoms with E-state index in [-0.39, 0.29) is 12.0 Å². The lowest BCUT2D eigenvalue weighted by Gasteiger charge is -2.11. The fourth-order valence-electron chi connectivity index (χ4n) is 2.63. The Morgan fingerprint density at radius 3 is 2.76 bits per heavy atom. The lowest BCUT2D eigenvalue weighted by atomic mass is 10.2. The van der Waals surface area contributed by atoms with Crippen molar-refractivity contribution in [3.05, 3.63) is 41.7 Å². The highest BCUT2D eigenvalue weighted by Crippen LogP contribution is 2.24. The smallest absolute Gasteiger partial charge is 0.253 e. The Balaban J connectivity index is 1.86. The number of carbonyl (C=O) groups excluding carboxylic acids is 1. The molecule has 0 radical (unpaired) electrons. The van der Waals surface area contributed by atoms with Gasteiger partial charge in [-0.25, -0.2) is 4.68 Å². The SMILES string of the molecule is Cc1nn(-c2ccccc2)c(C)c1NC(=O)C1CCCO1. The van der Waals surface area contributed by atoms with Gasteiger partial charge in [-0.05, 0) is 38.8 Å². The van der Waals surface area contributed by atoms with Gasteiger partial charge in [-0.3, -0.25) is 4.79 Å². The Hall–Kier alpha value is -2.14. The number of nitrogens with zero attached hydrogens (tertiary/aromatic N) is 2. The fraction of sp³-hybridized carbons (Fsp3) is 0.375. The molecule has 3 rings (SSSR count). The van der Waals surface area contributed by atoms with Crippen molar-refractivity contribution in [3.8, 4) is 5.69 Å². The normalized spacial score (nSPS) is 17.9. The van der Waals surface area contributed by atoms with Crippen molar-refractivity contribution in [2.24, 2.45) is 0 Å². The molecule has 1 aromatic carbocycles. The van der Waals surface area contributed by atoms with Gasteiger partial charge in [0.15, 0.2) is 0 Å². The molecule has 2 heterocycles. The summed E-state index contributed by atoms with van der Waals surface area (Å²) in [6.45, 7) is 4.52. The van der Waals surface area contributed by atoms with E-state index in [9.17, 15) is 4.79 Å². The zero-order valence-electron chi connectivity index (χ0n) is 12.3. The second-order valence-electron chi connectivity index (χ2n) is 5.28. The molecule has 0 saturated carbocycles. The van der Waals surface area contributed by atoms with Crippen molar-refractivity contribution in [2.45, 2.75) is 32.8 Å². The van der Waals surface area contributed by atoms with Gasteiger partial charge < -0.3 is 10.1 Å². The number of anilines is 1. The minimum Gasteiger partial charge on any atom is -0.368 e. The standard InChI is InChI=1S/C16H19N3O2/c1-11-15(17-16(20)14-9-6-10-21-14)12(2)19(18-11)13-7-4-3-5-8-13/h3-5,7-8,14H,6,9-10H2,1-2H3,(H,17,20). The van der Waals surface area contributed by atoms with Gasteiger partial charge in [0.2, 0.25) is 0 Å². The minimum atomic E-state index is -0.330. The van der Waals surface area contributed by atoms with E-state index in [1.165, 1.54) is 0 Å². The van der Waals surface area contributed by atoms with Crippen LogP contribution < -0.4 is 5.32 Å². The summed E-state index contributed by atoms with van der Waals surface area (Å²) in [6, 6.07) is 9.89. The molecule has 5 nitrogen and oxygen atoms in total. The molecule has 0 aliphatic carbocycles. The van der Waals surface area contributed by atoms with Crippen LogP contribution in [0.1, 0.15) is 24.2 Å². The largest absolute Gasteiger partial charge is 0.368 e. The molecule has 1 aliphatic heterocycles. The Morgan fingerprint density at radius 1 is 1.33 bits per heavy atom. The van der Waals surface area contributed by atoms with E-state index in [1.807, 2.05) is 48.9 Å². The van der Waals surface area contributed by atoms with Crippen LogP contribution >= 0.6 is 0 Å². The third-order valence-electron chi connectivity index (χ3n) is 3.76. The molecule has 110 valence electrons. The number of aryl methyl sites for hydroxylation is 1. The maximum atomic E-state index is 12.2. The second kappa shape index (κ2) is 5.69. The summed E-state index contributed by atoms with van der Waals surface area (Å²) in [5.41, 5.74) is 3.49. The molecule has 1 aliphatic rings. The first-order valence-electron chi connectivity index (χ1n) is 7.21. The van der Waals surface area contributed by atoms with E-state index in [1.54, 1.807) is 0 Å². The number of hydrogen-bond donors (Lipinski definition) is 1. The highest BCUT2D eigenvalue weighted by molar-refractivity contribution is 5.95. The number of benzene rings is 1. The predicted octanol–water partition coefficient (Wildman–Crippen LogP) is 2.61. The van der Waals surface area contributed by atoms with E-state index < -0.39 is 0 Å². The van der Waals surface area contributed by atoms with Crippen molar-refractivity contribution >= 4 is 11.6 Å². The molecule has 0 spiro atoms. The van der Waals surface area contributed by atoms with Crippen LogP contribution in [0.5, 0.6) is 0 Å². The van der Waals surface area contributed by atoms with Crippen LogP contribution in [0.15, 0.2) is 30.3 Å². The Bertz CT molecular complexity index is 643. The van der Waals surface area contributed by atoms with Crippen molar-refractivity contribution in [1.29, 1.82) is 0 Å². The summed E-state index contributed by atoms with van der Waals surface area (Å²) in [5.74, 6) is -0.0775. The van der Waals surface area contributed by atoms with Gasteiger partial charge in [-0.2, -0.15) is 5.10 Å². The van der Waals surface area contributed by atoms with E-state index >= 15 is 0 Å². The Labute approximate surface area is 123 Å². The highest BCUT2D eigenvalue weighted by atomic mass is 16.5. The van der Waals surface area contributed by atoms with Gasteiger partial charge in [0.25, 0.3) is 5.91 Å². The molecule has 1 unspecified atom stereocenters. The average molecular weight is 285 g/mol. The molecule has 1 amide bonds. The van der Waals surface area contributed by atoms with Crippen LogP contribution in [0, 0.1) is 13.8 Å². The van der Waals surface area contributed by atoms with E-state index in [0.29, 0.717) is 6.61 Å². The lowest BCUT2D eigenvalue weighted by molar-refractivity contribution is -0.124. The Kier molecular flexibility index (Phi) is 3.75. The molecule has 1 N–H and O–H groups in total. The van der Waals surface area contributed by atoms with Crippen LogP contribution in [0.2, 0.25) is 0 Å². The molecule has 1 saturated heterocycles. The highest BCUT2D eigenvalue weighted by Gasteiger charge is 2.25. The topological polar surface area (TPSA) is 56.2 Å². The van der Waals surface area contributed by atoms with Gasteiger partial charge in [-0.15, -0.1) is 0 Å². The maximum Gasteiger partial charge on any atom is 0.253 e. The predicted molar refractivity (Wildman–Crippen MR) is 80.6 cm³/mol. The van der Waals surface area contributed by atoms with Crippen molar-refractivity contribution in [2.75, 3.05) is 11.9 Å². The minimum absolute atomic E-state index is 0.0775. The summed E-state index contributed by atoms with van der Waals surface area (Å²) in [7, 11) is 0. The Morgan fingerprint density at radius 2 is 2.10 bits per heavy atom. The first kappa shape index (κ1) is 13.8. The molecule has 1 fully saturated rings. The number of ether oxygens (including phenoxy) is 1. The van der Waals surface area contributed by atoms with E-state index in [0.717, 1.165) is 35.6 Å². The summed E-state index contributed by atoms with van der Waals surface area (Å²) in [4.78, 5) is 12.2. The monoisotopic (exact) mass is 285 g/mol. The number of nitrogens with one attached hydrogen (secondary N) is 1. The van der Waals surface area contributed by atoms with Crippen molar-refractivity contribution in [1.82, 2.24) is 9.78 Å². The first-order chi connectivity index (χ1) is 10.2. The van der Waals surface area contributed by atoms with Gasteiger partial charge in [0.05, 0.1) is 22.8 Å². The van der Waals surface area contributed by atoms with Crippen LogP contribution in [0.4, 0.5) is 5.69 Å². The third-order valence-corrected chi connectivity index (χ3v) is 3.76. The average Bonchev–Trinajstić information content (AvgIpc) is 3.12. The number of carbonyl (C=O) groups is 1. The van der Waals surface area contributed by atoms with Crippen LogP contribution in [-0.2, 0) is 9.53 Å². The number of para-hydroxylation sites is 1. The number of amides is 1. The number of rotatable bonds is 3. The van der Waals surface area contributed by atoms with Gasteiger partial charge in [-0.1, -0.05) is 18.2 Å². The lowest BCUT2D eigenvalue weighted by Crippen LogP contribution is -2.27. The summed E-state index contributed by atoms with van der Waals surface area (Å²) in [6.07, 6.45) is 1.40. The molecule has 0 bridgehead atoms. The summed E-state index contributed by atoms with van der Waals surface area (Å²) < 4.78 is 7.27. The number of hydrogen-bond acceptors (Lipinski definition) is 3. The zero-order valence-corrected chi connectivity index (χ0v) is 12.3. The molecule has 1 atom stereocenters. The van der Waals surface area contributed by atoms with Gasteiger partial charge in [0.1, 0.15) is 6.10 Å². The quantitative estimate of drug-likeness (QED) is 0.943. The second-order valence-corrected chi connectivity index (χ2v) is 5.28. The van der Waals surface area contributed by atoms with Crippen LogP contribution in [-0.4, -0.2) is 28.4 Å². The molecule has 5 heteroatoms. The molecule has 21 heavy (non-hydrogen) atoms. The maximum absolute atomic E-state index is 12.2. The fourth-order valence-corrected chi connectivity index (χ4v) is 2.63. The van der Waals surface area contributed by atoms with Gasteiger partial charge in [0, 0.05) is 6.61 Å². The zero-order chi connectivity index (χ0) is 14.8. The molecular weight excluding hydrogens is 266 g/mol. The molecule has 2 aromatic rings. The third kappa shape index (κ3) is 2.69. The first-order valence-corrected chi connectivity index (χ1v) is 7.21. The summed E-state index contributed by atoms with van der Waals surface area (Å²) >= 11 is 0. The van der Waals surface area contributed by atoms with E-state index in [4.69, 9.17) is 4.74 Å². The molecule has 1 aromatic heterocycles. The van der Waals surface area contributed by atoms with Crippen LogP contribution in [0.25, 0.3) is 5.69 Å². The molecular formula is C16H19N3O2.